The molecule has 0 spiro atoms. The molecule has 6 nitrogen and oxygen atoms in total. The van der Waals surface area contributed by atoms with E-state index in [4.69, 9.17) is 10.8 Å². The van der Waals surface area contributed by atoms with Crippen molar-refractivity contribution in [1.82, 2.24) is 5.32 Å². The van der Waals surface area contributed by atoms with Crippen LogP contribution in [0, 0.1) is 0 Å². The van der Waals surface area contributed by atoms with Crippen molar-refractivity contribution in [3.8, 4) is 0 Å². The summed E-state index contributed by atoms with van der Waals surface area (Å²) in [5.41, 5.74) is 5.83. The monoisotopic (exact) mass is 319 g/mol. The first-order valence-electron chi connectivity index (χ1n) is 6.32. The molecule has 1 aliphatic heterocycles. The fourth-order valence-corrected chi connectivity index (χ4v) is 3.23. The Balaban J connectivity index is 2.08. The number of carboxylic acids is 1. The van der Waals surface area contributed by atoms with E-state index >= 15 is 0 Å². The zero-order chi connectivity index (χ0) is 15.6. The Morgan fingerprint density at radius 2 is 2.29 bits per heavy atom. The first-order chi connectivity index (χ1) is 9.90. The lowest BCUT2D eigenvalue weighted by Gasteiger charge is -2.22. The number of amides is 1. The summed E-state index contributed by atoms with van der Waals surface area (Å²) in [4.78, 5) is 23.2. The number of hydrogen-bond donors (Lipinski definition) is 4. The van der Waals surface area contributed by atoms with Gasteiger partial charge in [-0.05, 0) is 12.5 Å². The van der Waals surface area contributed by atoms with Gasteiger partial charge in [0, 0.05) is 23.7 Å². The number of nitrogens with two attached hydrogens (primary N) is 1. The predicted octanol–water partition coefficient (Wildman–Crippen LogP) is 1.05. The minimum atomic E-state index is -2.47. The number of thiophene rings is 1. The summed E-state index contributed by atoms with van der Waals surface area (Å²) in [6, 6.07) is 0.311. The molecule has 0 aliphatic carbocycles. The molecule has 9 heteroatoms. The summed E-state index contributed by atoms with van der Waals surface area (Å²) in [7, 11) is 0. The van der Waals surface area contributed by atoms with Crippen LogP contribution in [0.2, 0.25) is 0 Å². The molecule has 0 saturated carbocycles. The van der Waals surface area contributed by atoms with E-state index in [1.807, 2.05) is 0 Å². The van der Waals surface area contributed by atoms with Gasteiger partial charge in [-0.15, -0.1) is 11.3 Å². The Labute approximate surface area is 123 Å². The van der Waals surface area contributed by atoms with E-state index in [0.29, 0.717) is 23.5 Å². The number of fused-ring (bicyclic) bond motifs is 1. The van der Waals surface area contributed by atoms with Crippen molar-refractivity contribution in [1.29, 1.82) is 0 Å². The molecule has 1 unspecified atom stereocenters. The summed E-state index contributed by atoms with van der Waals surface area (Å²) >= 11 is 0.997. The maximum atomic E-state index is 12.9. The summed E-state index contributed by atoms with van der Waals surface area (Å²) in [5.74, 6) is -2.60. The van der Waals surface area contributed by atoms with Gasteiger partial charge >= 0.3 is 5.97 Å². The fourth-order valence-electron chi connectivity index (χ4n) is 2.04. The lowest BCUT2D eigenvalue weighted by atomic mass is 10.00. The highest BCUT2D eigenvalue weighted by Gasteiger charge is 2.31. The van der Waals surface area contributed by atoms with Crippen LogP contribution in [0.5, 0.6) is 0 Å². The zero-order valence-electron chi connectivity index (χ0n) is 10.9. The Morgan fingerprint density at radius 3 is 2.90 bits per heavy atom. The minimum Gasteiger partial charge on any atom is -0.480 e. The van der Waals surface area contributed by atoms with Crippen LogP contribution in [-0.4, -0.2) is 42.5 Å². The second-order valence-corrected chi connectivity index (χ2v) is 5.78. The van der Waals surface area contributed by atoms with Crippen molar-refractivity contribution in [2.24, 2.45) is 5.73 Å². The molecule has 1 amide bonds. The second-order valence-electron chi connectivity index (χ2n) is 4.70. The molecule has 2 heterocycles. The van der Waals surface area contributed by atoms with Crippen LogP contribution in [0.15, 0.2) is 6.07 Å². The van der Waals surface area contributed by atoms with Gasteiger partial charge in [-0.3, -0.25) is 9.59 Å². The highest BCUT2D eigenvalue weighted by atomic mass is 32.1. The number of carbonyl (C=O) groups is 2. The van der Waals surface area contributed by atoms with Crippen molar-refractivity contribution >= 4 is 28.9 Å². The summed E-state index contributed by atoms with van der Waals surface area (Å²) in [5, 5.41) is 14.0. The quantitative estimate of drug-likeness (QED) is 0.649. The van der Waals surface area contributed by atoms with E-state index in [9.17, 15) is 18.4 Å². The van der Waals surface area contributed by atoms with E-state index in [0.717, 1.165) is 11.3 Å². The molecule has 0 radical (unpaired) electrons. The summed E-state index contributed by atoms with van der Waals surface area (Å²) < 4.78 is 25.9. The van der Waals surface area contributed by atoms with Crippen LogP contribution < -0.4 is 16.4 Å². The van der Waals surface area contributed by atoms with E-state index in [-0.39, 0.29) is 11.4 Å². The van der Waals surface area contributed by atoms with Gasteiger partial charge in [0.05, 0.1) is 10.8 Å². The molecule has 0 bridgehead atoms. The third-order valence-electron chi connectivity index (χ3n) is 3.20. The molecule has 1 aliphatic rings. The standard InChI is InChI=1S/C12H15F2N3O3S/c13-10(14)5-1-2-16-7-3-8(21-9(5)7)11(18)17-4-6(15)12(19)20/h3,5-6,10,16H,1-2,4,15H2,(H,17,18)(H,19,20)/t5?,6-/m1/s1. The Kier molecular flexibility index (Phi) is 4.73. The SMILES string of the molecule is N[C@H](CNC(=O)c1cc2c(s1)C(C(F)F)CCN2)C(=O)O. The molecule has 0 saturated heterocycles. The number of carbonyl (C=O) groups excluding carboxylic acids is 1. The summed E-state index contributed by atoms with van der Waals surface area (Å²) in [6.45, 7) is 0.214. The van der Waals surface area contributed by atoms with Gasteiger partial charge in [-0.1, -0.05) is 0 Å². The molecule has 0 fully saturated rings. The van der Waals surface area contributed by atoms with E-state index in [1.165, 1.54) is 6.07 Å². The van der Waals surface area contributed by atoms with Crippen LogP contribution in [0.25, 0.3) is 0 Å². The van der Waals surface area contributed by atoms with Gasteiger partial charge in [0.2, 0.25) is 6.43 Å². The number of carboxylic acid groups (broad SMARTS) is 1. The van der Waals surface area contributed by atoms with Gasteiger partial charge in [-0.2, -0.15) is 0 Å². The highest BCUT2D eigenvalue weighted by Crippen LogP contribution is 2.41. The number of hydrogen-bond acceptors (Lipinski definition) is 5. The first kappa shape index (κ1) is 15.6. The van der Waals surface area contributed by atoms with Gasteiger partial charge < -0.3 is 21.5 Å². The van der Waals surface area contributed by atoms with Crippen LogP contribution >= 0.6 is 11.3 Å². The lowest BCUT2D eigenvalue weighted by Crippen LogP contribution is -2.42. The van der Waals surface area contributed by atoms with Crippen molar-refractivity contribution < 1.29 is 23.5 Å². The molecule has 1 aromatic heterocycles. The van der Waals surface area contributed by atoms with Gasteiger partial charge in [-0.25, -0.2) is 8.78 Å². The molecule has 2 atom stereocenters. The van der Waals surface area contributed by atoms with Crippen LogP contribution in [0.1, 0.15) is 26.9 Å². The number of halogens is 2. The van der Waals surface area contributed by atoms with Crippen molar-refractivity contribution in [3.63, 3.8) is 0 Å². The third-order valence-corrected chi connectivity index (χ3v) is 4.46. The lowest BCUT2D eigenvalue weighted by molar-refractivity contribution is -0.138. The topological polar surface area (TPSA) is 104 Å². The average Bonchev–Trinajstić information content (AvgIpc) is 2.87. The number of alkyl halides is 2. The molecule has 2 rings (SSSR count). The van der Waals surface area contributed by atoms with Crippen LogP contribution in [0.4, 0.5) is 14.5 Å². The second kappa shape index (κ2) is 6.35. The minimum absolute atomic E-state index is 0.220. The average molecular weight is 319 g/mol. The maximum Gasteiger partial charge on any atom is 0.322 e. The van der Waals surface area contributed by atoms with E-state index < -0.39 is 30.3 Å². The first-order valence-corrected chi connectivity index (χ1v) is 7.14. The molecular weight excluding hydrogens is 304 g/mol. The molecule has 1 aromatic rings. The fraction of sp³-hybridized carbons (Fsp3) is 0.500. The Hall–Kier alpha value is -1.74. The number of aliphatic carboxylic acids is 1. The molecule has 21 heavy (non-hydrogen) atoms. The molecule has 5 N–H and O–H groups in total. The largest absolute Gasteiger partial charge is 0.480 e. The molecule has 116 valence electrons. The predicted molar refractivity (Wildman–Crippen MR) is 74.1 cm³/mol. The highest BCUT2D eigenvalue weighted by molar-refractivity contribution is 7.14. The third kappa shape index (κ3) is 3.48. The zero-order valence-corrected chi connectivity index (χ0v) is 11.8. The van der Waals surface area contributed by atoms with Crippen molar-refractivity contribution in [2.45, 2.75) is 24.8 Å². The van der Waals surface area contributed by atoms with Gasteiger partial charge in [0.1, 0.15) is 6.04 Å². The number of anilines is 1. The van der Waals surface area contributed by atoms with Gasteiger partial charge in [0.25, 0.3) is 5.91 Å². The normalized spacial score (nSPS) is 18.8. The number of rotatable bonds is 5. The summed E-state index contributed by atoms with van der Waals surface area (Å²) in [6.07, 6.45) is -2.16. The van der Waals surface area contributed by atoms with Crippen molar-refractivity contribution in [2.75, 3.05) is 18.4 Å². The maximum absolute atomic E-state index is 12.9. The molecular formula is C12H15F2N3O3S. The van der Waals surface area contributed by atoms with Crippen LogP contribution in [0.3, 0.4) is 0 Å². The van der Waals surface area contributed by atoms with Gasteiger partial charge in [0.15, 0.2) is 0 Å². The van der Waals surface area contributed by atoms with E-state index in [2.05, 4.69) is 10.6 Å². The Morgan fingerprint density at radius 1 is 1.57 bits per heavy atom. The molecule has 0 aromatic carbocycles. The number of nitrogens with one attached hydrogen (secondary N) is 2. The van der Waals surface area contributed by atoms with Crippen LogP contribution in [-0.2, 0) is 4.79 Å². The van der Waals surface area contributed by atoms with Crippen molar-refractivity contribution in [3.05, 3.63) is 15.8 Å². The smallest absolute Gasteiger partial charge is 0.322 e. The van der Waals surface area contributed by atoms with E-state index in [1.54, 1.807) is 0 Å². The Bertz CT molecular complexity index is 550.